The van der Waals surface area contributed by atoms with E-state index in [-0.39, 0.29) is 11.6 Å². The smallest absolute Gasteiger partial charge is 0.323 e. The largest absolute Gasteiger partial charge is 0.342 e. The lowest BCUT2D eigenvalue weighted by molar-refractivity contribution is -0.130. The first-order chi connectivity index (χ1) is 10.7. The zero-order valence-corrected chi connectivity index (χ0v) is 12.6. The maximum atomic E-state index is 12.1. The molecule has 0 radical (unpaired) electrons. The first-order valence-corrected chi connectivity index (χ1v) is 7.84. The Hall–Kier alpha value is -2.08. The van der Waals surface area contributed by atoms with E-state index in [1.54, 1.807) is 0 Å². The summed E-state index contributed by atoms with van der Waals surface area (Å²) in [5.41, 5.74) is 8.23. The fourth-order valence-corrected chi connectivity index (χ4v) is 3.09. The number of carbonyl (C=O) groups is 1. The Bertz CT molecular complexity index is 718. The second kappa shape index (κ2) is 6.36. The van der Waals surface area contributed by atoms with Crippen LogP contribution in [0, 0.1) is 5.92 Å². The van der Waals surface area contributed by atoms with Crippen LogP contribution in [0.4, 0.5) is 0 Å². The van der Waals surface area contributed by atoms with Crippen LogP contribution >= 0.6 is 0 Å². The van der Waals surface area contributed by atoms with Gasteiger partial charge >= 0.3 is 5.69 Å². The molecular weight excluding hydrogens is 280 g/mol. The van der Waals surface area contributed by atoms with Crippen LogP contribution in [0.25, 0.3) is 11.0 Å². The maximum absolute atomic E-state index is 12.1. The average Bonchev–Trinajstić information content (AvgIpc) is 3.11. The van der Waals surface area contributed by atoms with E-state index in [0.717, 1.165) is 48.9 Å². The van der Waals surface area contributed by atoms with Gasteiger partial charge in [-0.3, -0.25) is 4.79 Å². The van der Waals surface area contributed by atoms with Crippen molar-refractivity contribution in [3.63, 3.8) is 0 Å². The lowest BCUT2D eigenvalue weighted by atomic mass is 10.1. The number of fused-ring (bicyclic) bond motifs is 1. The Kier molecular flexibility index (Phi) is 4.29. The number of aromatic nitrogens is 2. The number of nitrogens with two attached hydrogens (primary N) is 1. The van der Waals surface area contributed by atoms with Gasteiger partial charge in [0.1, 0.15) is 0 Å². The van der Waals surface area contributed by atoms with Crippen LogP contribution < -0.4 is 11.4 Å². The van der Waals surface area contributed by atoms with Crippen molar-refractivity contribution >= 4 is 16.9 Å². The Balaban J connectivity index is 1.51. The van der Waals surface area contributed by atoms with Crippen LogP contribution in [0.3, 0.4) is 0 Å². The van der Waals surface area contributed by atoms with Gasteiger partial charge in [-0.2, -0.15) is 0 Å². The summed E-state index contributed by atoms with van der Waals surface area (Å²) in [7, 11) is 0. The minimum absolute atomic E-state index is 0.189. The molecule has 0 saturated carbocycles. The lowest BCUT2D eigenvalue weighted by Gasteiger charge is -2.16. The number of imidazole rings is 1. The van der Waals surface area contributed by atoms with Crippen molar-refractivity contribution in [1.29, 1.82) is 0 Å². The van der Waals surface area contributed by atoms with E-state index >= 15 is 0 Å². The second-order valence-electron chi connectivity index (χ2n) is 6.04. The molecule has 1 aliphatic rings. The van der Waals surface area contributed by atoms with Crippen molar-refractivity contribution in [1.82, 2.24) is 14.9 Å². The van der Waals surface area contributed by atoms with Crippen molar-refractivity contribution in [3.05, 3.63) is 34.2 Å². The predicted octanol–water partition coefficient (Wildman–Crippen LogP) is 0.986. The average molecular weight is 302 g/mol. The van der Waals surface area contributed by atoms with E-state index in [9.17, 15) is 9.59 Å². The molecule has 1 fully saturated rings. The molecule has 0 bridgehead atoms. The SMILES string of the molecule is NCC1CCN(C(=O)CCCc2ccc3[nH]c(=O)[nH]c3c2)C1. The molecule has 2 heterocycles. The zero-order chi connectivity index (χ0) is 15.5. The van der Waals surface area contributed by atoms with Crippen molar-refractivity contribution in [3.8, 4) is 0 Å². The summed E-state index contributed by atoms with van der Waals surface area (Å²) < 4.78 is 0. The van der Waals surface area contributed by atoms with Gasteiger partial charge < -0.3 is 20.6 Å². The molecule has 0 spiro atoms. The molecule has 1 saturated heterocycles. The lowest BCUT2D eigenvalue weighted by Crippen LogP contribution is -2.29. The highest BCUT2D eigenvalue weighted by Crippen LogP contribution is 2.17. The van der Waals surface area contributed by atoms with Crippen molar-refractivity contribution in [2.75, 3.05) is 19.6 Å². The topological polar surface area (TPSA) is 95.0 Å². The van der Waals surface area contributed by atoms with E-state index in [0.29, 0.717) is 18.9 Å². The molecule has 1 aromatic carbocycles. The Morgan fingerprint density at radius 1 is 1.32 bits per heavy atom. The van der Waals surface area contributed by atoms with Gasteiger partial charge in [0.2, 0.25) is 5.91 Å². The summed E-state index contributed by atoms with van der Waals surface area (Å²) in [6.45, 7) is 2.32. The number of hydrogen-bond donors (Lipinski definition) is 3. The van der Waals surface area contributed by atoms with Crippen LogP contribution in [-0.2, 0) is 11.2 Å². The summed E-state index contributed by atoms with van der Waals surface area (Å²) in [6, 6.07) is 5.87. The van der Waals surface area contributed by atoms with Crippen LogP contribution in [0.5, 0.6) is 0 Å². The highest BCUT2D eigenvalue weighted by Gasteiger charge is 2.24. The van der Waals surface area contributed by atoms with Gasteiger partial charge in [-0.25, -0.2) is 4.79 Å². The molecule has 6 heteroatoms. The third kappa shape index (κ3) is 3.22. The molecule has 1 aromatic heterocycles. The fourth-order valence-electron chi connectivity index (χ4n) is 3.09. The van der Waals surface area contributed by atoms with Crippen molar-refractivity contribution < 1.29 is 4.79 Å². The van der Waals surface area contributed by atoms with Crippen LogP contribution in [-0.4, -0.2) is 40.4 Å². The van der Waals surface area contributed by atoms with E-state index < -0.39 is 0 Å². The number of carbonyl (C=O) groups excluding carboxylic acids is 1. The fraction of sp³-hybridized carbons (Fsp3) is 0.500. The molecule has 2 aromatic rings. The Morgan fingerprint density at radius 3 is 2.91 bits per heavy atom. The first-order valence-electron chi connectivity index (χ1n) is 7.84. The van der Waals surface area contributed by atoms with Gasteiger partial charge in [-0.1, -0.05) is 6.07 Å². The van der Waals surface area contributed by atoms with Gasteiger partial charge in [-0.15, -0.1) is 0 Å². The van der Waals surface area contributed by atoms with E-state index in [2.05, 4.69) is 9.97 Å². The molecule has 1 amide bonds. The monoisotopic (exact) mass is 302 g/mol. The minimum Gasteiger partial charge on any atom is -0.342 e. The highest BCUT2D eigenvalue weighted by atomic mass is 16.2. The number of amides is 1. The molecule has 0 aliphatic carbocycles. The summed E-state index contributed by atoms with van der Waals surface area (Å²) >= 11 is 0. The summed E-state index contributed by atoms with van der Waals surface area (Å²) in [6.07, 6.45) is 3.25. The second-order valence-corrected chi connectivity index (χ2v) is 6.04. The molecule has 6 nitrogen and oxygen atoms in total. The molecule has 1 aliphatic heterocycles. The summed E-state index contributed by atoms with van der Waals surface area (Å²) in [5.74, 6) is 0.698. The number of H-pyrrole nitrogens is 2. The third-order valence-electron chi connectivity index (χ3n) is 4.41. The van der Waals surface area contributed by atoms with E-state index in [1.807, 2.05) is 23.1 Å². The Labute approximate surface area is 128 Å². The maximum Gasteiger partial charge on any atom is 0.323 e. The molecule has 1 atom stereocenters. The third-order valence-corrected chi connectivity index (χ3v) is 4.41. The molecule has 118 valence electrons. The van der Waals surface area contributed by atoms with Gasteiger partial charge in [0.05, 0.1) is 11.0 Å². The summed E-state index contributed by atoms with van der Waals surface area (Å²) in [4.78, 5) is 30.8. The standard InChI is InChI=1S/C16H22N4O2/c17-9-12-6-7-20(10-12)15(21)3-1-2-11-4-5-13-14(8-11)19-16(22)18-13/h4-5,8,12H,1-3,6-7,9-10,17H2,(H2,18,19,22). The zero-order valence-electron chi connectivity index (χ0n) is 12.6. The minimum atomic E-state index is -0.189. The van der Waals surface area contributed by atoms with Crippen LogP contribution in [0.2, 0.25) is 0 Å². The van der Waals surface area contributed by atoms with E-state index in [1.165, 1.54) is 0 Å². The number of nitrogens with one attached hydrogen (secondary N) is 2. The molecule has 4 N–H and O–H groups in total. The predicted molar refractivity (Wildman–Crippen MR) is 85.6 cm³/mol. The molecule has 3 rings (SSSR count). The van der Waals surface area contributed by atoms with Gasteiger partial charge in [0.25, 0.3) is 0 Å². The molecule has 1 unspecified atom stereocenters. The van der Waals surface area contributed by atoms with Crippen LogP contribution in [0.15, 0.2) is 23.0 Å². The van der Waals surface area contributed by atoms with Gasteiger partial charge in [-0.05, 0) is 49.4 Å². The number of benzene rings is 1. The molecular formula is C16H22N4O2. The highest BCUT2D eigenvalue weighted by molar-refractivity contribution is 5.77. The Morgan fingerprint density at radius 2 is 2.14 bits per heavy atom. The molecule has 22 heavy (non-hydrogen) atoms. The first kappa shape index (κ1) is 14.8. The normalized spacial score (nSPS) is 18.2. The van der Waals surface area contributed by atoms with E-state index in [4.69, 9.17) is 5.73 Å². The quantitative estimate of drug-likeness (QED) is 0.768. The number of nitrogens with zero attached hydrogens (tertiary/aromatic N) is 1. The number of aryl methyl sites for hydroxylation is 1. The summed E-state index contributed by atoms with van der Waals surface area (Å²) in [5, 5.41) is 0. The number of aromatic amines is 2. The van der Waals surface area contributed by atoms with Crippen molar-refractivity contribution in [2.24, 2.45) is 11.7 Å². The van der Waals surface area contributed by atoms with Gasteiger partial charge in [0, 0.05) is 19.5 Å². The van der Waals surface area contributed by atoms with Crippen molar-refractivity contribution in [2.45, 2.75) is 25.7 Å². The number of hydrogen-bond acceptors (Lipinski definition) is 3. The number of likely N-dealkylation sites (tertiary alicyclic amines) is 1. The number of rotatable bonds is 5. The van der Waals surface area contributed by atoms with Crippen LogP contribution in [0.1, 0.15) is 24.8 Å². The van der Waals surface area contributed by atoms with Gasteiger partial charge in [0.15, 0.2) is 0 Å².